The van der Waals surface area contributed by atoms with Crippen LogP contribution in [0.25, 0.3) is 0 Å². The molecule has 3 aromatic carbocycles. The largest absolute Gasteiger partial charge is 0.444 e. The van der Waals surface area contributed by atoms with E-state index < -0.39 is 16.4 Å². The van der Waals surface area contributed by atoms with Gasteiger partial charge < -0.3 is 15.0 Å². The van der Waals surface area contributed by atoms with Crippen LogP contribution < -0.4 is 5.32 Å². The van der Waals surface area contributed by atoms with E-state index in [-0.39, 0.29) is 17.7 Å². The van der Waals surface area contributed by atoms with Gasteiger partial charge in [-0.15, -0.1) is 0 Å². The SMILES string of the molecule is CC(C)(C)OC(=O)N1CCN(Cc2ccc(N=C(c3ccccc3)C3C(=O)Nc4ccc([N+](=O)[O-])cc43)cc2)CC1. The van der Waals surface area contributed by atoms with Gasteiger partial charge in [0.05, 0.1) is 16.3 Å². The molecule has 1 N–H and O–H groups in total. The van der Waals surface area contributed by atoms with E-state index in [0.717, 1.165) is 30.8 Å². The number of nitrogens with one attached hydrogen (secondary N) is 1. The lowest BCUT2D eigenvalue weighted by Gasteiger charge is -2.35. The van der Waals surface area contributed by atoms with Gasteiger partial charge in [-0.3, -0.25) is 24.8 Å². The summed E-state index contributed by atoms with van der Waals surface area (Å²) in [7, 11) is 0. The zero-order chi connectivity index (χ0) is 29.1. The Bertz CT molecular complexity index is 1470. The van der Waals surface area contributed by atoms with E-state index in [1.54, 1.807) is 11.0 Å². The molecule has 3 aromatic rings. The van der Waals surface area contributed by atoms with E-state index in [4.69, 9.17) is 9.73 Å². The van der Waals surface area contributed by atoms with Crippen molar-refractivity contribution in [3.63, 3.8) is 0 Å². The van der Waals surface area contributed by atoms with Crippen molar-refractivity contribution in [2.45, 2.75) is 38.8 Å². The maximum Gasteiger partial charge on any atom is 0.410 e. The van der Waals surface area contributed by atoms with Crippen molar-refractivity contribution >= 4 is 34.8 Å². The van der Waals surface area contributed by atoms with Crippen molar-refractivity contribution in [2.75, 3.05) is 31.5 Å². The number of fused-ring (bicyclic) bond motifs is 1. The number of carbonyl (C=O) groups is 2. The van der Waals surface area contributed by atoms with Gasteiger partial charge in [0.2, 0.25) is 5.91 Å². The lowest BCUT2D eigenvalue weighted by atomic mass is 9.90. The van der Waals surface area contributed by atoms with Gasteiger partial charge in [-0.25, -0.2) is 4.79 Å². The van der Waals surface area contributed by atoms with E-state index in [1.807, 2.05) is 75.4 Å². The first kappa shape index (κ1) is 28.0. The van der Waals surface area contributed by atoms with Crippen LogP contribution in [-0.2, 0) is 16.1 Å². The second-order valence-electron chi connectivity index (χ2n) is 11.2. The third-order valence-corrected chi connectivity index (χ3v) is 7.04. The molecule has 0 bridgehead atoms. The quantitative estimate of drug-likeness (QED) is 0.244. The van der Waals surface area contributed by atoms with Crippen molar-refractivity contribution < 1.29 is 19.2 Å². The minimum atomic E-state index is -0.784. The third kappa shape index (κ3) is 6.60. The fourth-order valence-corrected chi connectivity index (χ4v) is 5.03. The van der Waals surface area contributed by atoms with E-state index in [9.17, 15) is 19.7 Å². The van der Waals surface area contributed by atoms with Crippen LogP contribution in [0.4, 0.5) is 21.9 Å². The van der Waals surface area contributed by atoms with Crippen LogP contribution in [0.3, 0.4) is 0 Å². The number of carbonyl (C=O) groups excluding carboxylic acids is 2. The number of nitro benzene ring substituents is 1. The van der Waals surface area contributed by atoms with Gasteiger partial charge in [0, 0.05) is 56.1 Å². The van der Waals surface area contributed by atoms with Crippen molar-refractivity contribution in [3.05, 3.63) is 99.6 Å². The Hall–Kier alpha value is -4.57. The first-order chi connectivity index (χ1) is 19.6. The number of anilines is 1. The van der Waals surface area contributed by atoms with Crippen LogP contribution in [0.15, 0.2) is 77.8 Å². The Morgan fingerprint density at radius 2 is 1.71 bits per heavy atom. The monoisotopic (exact) mass is 555 g/mol. The summed E-state index contributed by atoms with van der Waals surface area (Å²) in [5.74, 6) is -1.06. The molecule has 2 heterocycles. The molecule has 1 atom stereocenters. The van der Waals surface area contributed by atoms with Crippen molar-refractivity contribution in [1.29, 1.82) is 0 Å². The van der Waals surface area contributed by atoms with Gasteiger partial charge >= 0.3 is 6.09 Å². The van der Waals surface area contributed by atoms with Crippen molar-refractivity contribution in [1.82, 2.24) is 9.80 Å². The molecule has 2 aliphatic heterocycles. The number of ether oxygens (including phenoxy) is 1. The summed E-state index contributed by atoms with van der Waals surface area (Å²) in [6.45, 7) is 9.06. The molecule has 0 radical (unpaired) electrons. The summed E-state index contributed by atoms with van der Waals surface area (Å²) < 4.78 is 5.49. The predicted molar refractivity (Wildman–Crippen MR) is 157 cm³/mol. The lowest BCUT2D eigenvalue weighted by Crippen LogP contribution is -2.49. The normalized spacial score (nSPS) is 17.6. The van der Waals surface area contributed by atoms with Gasteiger partial charge in [0.1, 0.15) is 11.5 Å². The highest BCUT2D eigenvalue weighted by molar-refractivity contribution is 6.24. The molecule has 212 valence electrons. The Kier molecular flexibility index (Phi) is 7.85. The van der Waals surface area contributed by atoms with Crippen LogP contribution >= 0.6 is 0 Å². The summed E-state index contributed by atoms with van der Waals surface area (Å²) in [6.07, 6.45) is -0.276. The topological polar surface area (TPSA) is 117 Å². The van der Waals surface area contributed by atoms with Gasteiger partial charge in [0.15, 0.2) is 0 Å². The highest BCUT2D eigenvalue weighted by Gasteiger charge is 2.36. The van der Waals surface area contributed by atoms with Crippen molar-refractivity contribution in [3.8, 4) is 0 Å². The number of hydrogen-bond acceptors (Lipinski definition) is 7. The first-order valence-corrected chi connectivity index (χ1v) is 13.6. The second-order valence-corrected chi connectivity index (χ2v) is 11.2. The van der Waals surface area contributed by atoms with Gasteiger partial charge in [-0.1, -0.05) is 42.5 Å². The fourth-order valence-electron chi connectivity index (χ4n) is 5.03. The molecule has 1 fully saturated rings. The third-order valence-electron chi connectivity index (χ3n) is 7.04. The van der Waals surface area contributed by atoms with E-state index in [1.165, 1.54) is 12.1 Å². The number of aliphatic imine (C=N–C) groups is 1. The lowest BCUT2D eigenvalue weighted by molar-refractivity contribution is -0.384. The minimum absolute atomic E-state index is 0.0751. The number of non-ortho nitro benzene ring substituents is 1. The van der Waals surface area contributed by atoms with Crippen LogP contribution in [0.5, 0.6) is 0 Å². The molecule has 1 unspecified atom stereocenters. The van der Waals surface area contributed by atoms with Crippen LogP contribution in [-0.4, -0.2) is 64.2 Å². The van der Waals surface area contributed by atoms with Crippen LogP contribution in [0.1, 0.15) is 43.4 Å². The number of nitro groups is 1. The van der Waals surface area contributed by atoms with Crippen molar-refractivity contribution in [2.24, 2.45) is 4.99 Å². The smallest absolute Gasteiger partial charge is 0.410 e. The average molecular weight is 556 g/mol. The first-order valence-electron chi connectivity index (χ1n) is 13.6. The molecule has 10 heteroatoms. The molecule has 1 saturated heterocycles. The molecule has 0 aliphatic carbocycles. The fraction of sp³-hybridized carbons (Fsp3) is 0.323. The summed E-state index contributed by atoms with van der Waals surface area (Å²) in [5.41, 5.74) is 3.57. The molecule has 0 spiro atoms. The molecule has 0 aromatic heterocycles. The van der Waals surface area contributed by atoms with Gasteiger partial charge in [-0.2, -0.15) is 0 Å². The summed E-state index contributed by atoms with van der Waals surface area (Å²) >= 11 is 0. The minimum Gasteiger partial charge on any atom is -0.444 e. The summed E-state index contributed by atoms with van der Waals surface area (Å²) in [5, 5.41) is 14.3. The second kappa shape index (κ2) is 11.5. The number of rotatable bonds is 6. The Labute approximate surface area is 238 Å². The van der Waals surface area contributed by atoms with Crippen LogP contribution in [0.2, 0.25) is 0 Å². The molecular formula is C31H33N5O5. The number of nitrogens with zero attached hydrogens (tertiary/aromatic N) is 4. The molecule has 41 heavy (non-hydrogen) atoms. The average Bonchev–Trinajstić information content (AvgIpc) is 3.27. The summed E-state index contributed by atoms with van der Waals surface area (Å²) in [4.78, 5) is 45.4. The Morgan fingerprint density at radius 1 is 1.02 bits per heavy atom. The number of amides is 2. The zero-order valence-electron chi connectivity index (χ0n) is 23.4. The maximum atomic E-state index is 13.1. The Morgan fingerprint density at radius 3 is 2.34 bits per heavy atom. The molecule has 0 saturated carbocycles. The zero-order valence-corrected chi connectivity index (χ0v) is 23.4. The Balaban J connectivity index is 1.33. The maximum absolute atomic E-state index is 13.1. The van der Waals surface area contributed by atoms with Crippen LogP contribution in [0, 0.1) is 10.1 Å². The molecule has 2 amide bonds. The van der Waals surface area contributed by atoms with Gasteiger partial charge in [-0.05, 0) is 50.1 Å². The number of benzene rings is 3. The van der Waals surface area contributed by atoms with Gasteiger partial charge in [0.25, 0.3) is 5.69 Å². The molecule has 2 aliphatic rings. The summed E-state index contributed by atoms with van der Waals surface area (Å²) in [6, 6.07) is 21.6. The highest BCUT2D eigenvalue weighted by Crippen LogP contribution is 2.38. The molecule has 5 rings (SSSR count). The van der Waals surface area contributed by atoms with E-state index in [0.29, 0.717) is 35.7 Å². The molecular weight excluding hydrogens is 522 g/mol. The number of piperazine rings is 1. The highest BCUT2D eigenvalue weighted by atomic mass is 16.6. The van der Waals surface area contributed by atoms with E-state index in [2.05, 4.69) is 10.2 Å². The standard InChI is InChI=1S/C31H33N5O5/c1-31(2,3)41-30(38)35-17-15-34(16-18-35)20-21-9-11-23(12-10-21)32-28(22-7-5-4-6-8-22)27-25-19-24(36(39)40)13-14-26(25)33-29(27)37/h4-14,19,27H,15-18,20H2,1-3H3,(H,33,37). The number of hydrogen-bond donors (Lipinski definition) is 1. The molecule has 10 nitrogen and oxygen atoms in total. The van der Waals surface area contributed by atoms with E-state index >= 15 is 0 Å². The predicted octanol–water partition coefficient (Wildman–Crippen LogP) is 5.50.